The van der Waals surface area contributed by atoms with E-state index in [2.05, 4.69) is 9.98 Å². The summed E-state index contributed by atoms with van der Waals surface area (Å²) >= 11 is 0. The fourth-order valence-corrected chi connectivity index (χ4v) is 0.414. The van der Waals surface area contributed by atoms with Gasteiger partial charge in [-0.1, -0.05) is 0 Å². The van der Waals surface area contributed by atoms with Crippen LogP contribution in [0.5, 0.6) is 0 Å². The van der Waals surface area contributed by atoms with Crippen LogP contribution in [-0.4, -0.2) is 61.9 Å². The molecular formula is C8H14N2O5. The predicted molar refractivity (Wildman–Crippen MR) is 51.0 cm³/mol. The van der Waals surface area contributed by atoms with Crippen LogP contribution in [0.4, 0.5) is 0 Å². The molecule has 0 spiro atoms. The molecule has 0 radical (unpaired) electrons. The lowest BCUT2D eigenvalue weighted by Crippen LogP contribution is -2.01. The quantitative estimate of drug-likeness (QED) is 0.312. The molecule has 0 rings (SSSR count). The van der Waals surface area contributed by atoms with Crippen molar-refractivity contribution in [2.45, 2.75) is 0 Å². The Kier molecular flexibility index (Phi) is 19.8. The van der Waals surface area contributed by atoms with Crippen LogP contribution in [0, 0.1) is 0 Å². The summed E-state index contributed by atoms with van der Waals surface area (Å²) in [5.74, 6) is 0. The molecule has 7 heteroatoms. The van der Waals surface area contributed by atoms with Crippen molar-refractivity contribution in [2.24, 2.45) is 9.98 Å². The van der Waals surface area contributed by atoms with E-state index in [1.807, 2.05) is 0 Å². The van der Waals surface area contributed by atoms with Gasteiger partial charge in [0.1, 0.15) is 0 Å². The van der Waals surface area contributed by atoms with Gasteiger partial charge < -0.3 is 14.9 Å². The molecule has 0 unspecified atom stereocenters. The van der Waals surface area contributed by atoms with Gasteiger partial charge in [-0.05, 0) is 0 Å². The molecule has 0 saturated heterocycles. The average molecular weight is 218 g/mol. The topological polar surface area (TPSA) is 109 Å². The first kappa shape index (κ1) is 16.1. The first-order valence-electron chi connectivity index (χ1n) is 4.20. The second kappa shape index (κ2) is 18.4. The summed E-state index contributed by atoms with van der Waals surface area (Å²) in [4.78, 5) is 25.5. The third kappa shape index (κ3) is 24.5. The van der Waals surface area contributed by atoms with E-state index in [0.29, 0.717) is 26.3 Å². The molecule has 86 valence electrons. The highest BCUT2D eigenvalue weighted by atomic mass is 16.5. The van der Waals surface area contributed by atoms with Crippen LogP contribution in [0.3, 0.4) is 0 Å². The Labute approximate surface area is 87.1 Å². The molecule has 0 aromatic rings. The van der Waals surface area contributed by atoms with Crippen molar-refractivity contribution in [3.63, 3.8) is 0 Å². The average Bonchev–Trinajstić information content (AvgIpc) is 2.28. The lowest BCUT2D eigenvalue weighted by Gasteiger charge is -1.95. The molecule has 0 aliphatic heterocycles. The van der Waals surface area contributed by atoms with E-state index in [1.54, 1.807) is 0 Å². The molecule has 0 fully saturated rings. The lowest BCUT2D eigenvalue weighted by molar-refractivity contribution is 0.150. The monoisotopic (exact) mass is 218 g/mol. The first-order valence-corrected chi connectivity index (χ1v) is 4.20. The minimum atomic E-state index is -0.125. The molecule has 0 aromatic heterocycles. The number of hydrogen-bond donors (Lipinski definition) is 2. The zero-order valence-corrected chi connectivity index (χ0v) is 8.26. The summed E-state index contributed by atoms with van der Waals surface area (Å²) in [6.07, 6.45) is 2.76. The van der Waals surface area contributed by atoms with Crippen LogP contribution in [0.25, 0.3) is 0 Å². The third-order valence-electron chi connectivity index (χ3n) is 0.924. The fourth-order valence-electron chi connectivity index (χ4n) is 0.414. The number of isocyanates is 2. The van der Waals surface area contributed by atoms with E-state index < -0.39 is 0 Å². The van der Waals surface area contributed by atoms with Gasteiger partial charge in [-0.3, -0.25) is 0 Å². The SMILES string of the molecule is O=C=NCCOCCN=C=O.OCCO. The maximum atomic E-state index is 9.52. The molecule has 0 amide bonds. The minimum Gasteiger partial charge on any atom is -0.394 e. The summed E-state index contributed by atoms with van der Waals surface area (Å²) in [5.41, 5.74) is 0. The fraction of sp³-hybridized carbons (Fsp3) is 0.750. The van der Waals surface area contributed by atoms with Crippen LogP contribution in [-0.2, 0) is 14.3 Å². The number of aliphatic hydroxyl groups is 2. The number of aliphatic imine (C=N–C) groups is 2. The normalized spacial score (nSPS) is 7.87. The Morgan fingerprint density at radius 1 is 0.933 bits per heavy atom. The molecule has 0 aromatic carbocycles. The van der Waals surface area contributed by atoms with Crippen LogP contribution in [0.1, 0.15) is 0 Å². The van der Waals surface area contributed by atoms with Gasteiger partial charge in [0.15, 0.2) is 0 Å². The van der Waals surface area contributed by atoms with Gasteiger partial charge in [-0.25, -0.2) is 19.6 Å². The Hall–Kier alpha value is -1.36. The number of hydrogen-bond acceptors (Lipinski definition) is 7. The van der Waals surface area contributed by atoms with Gasteiger partial charge in [-0.15, -0.1) is 0 Å². The Balaban J connectivity index is 0. The lowest BCUT2D eigenvalue weighted by atomic mass is 10.7. The highest BCUT2D eigenvalue weighted by molar-refractivity contribution is 5.32. The van der Waals surface area contributed by atoms with E-state index in [9.17, 15) is 9.59 Å². The highest BCUT2D eigenvalue weighted by Crippen LogP contribution is 1.75. The summed E-state index contributed by atoms with van der Waals surface area (Å²) in [5, 5.41) is 15.2. The Morgan fingerprint density at radius 2 is 1.33 bits per heavy atom. The summed E-state index contributed by atoms with van der Waals surface area (Å²) in [6, 6.07) is 0. The first-order chi connectivity index (χ1) is 7.33. The van der Waals surface area contributed by atoms with Crippen molar-refractivity contribution in [3.8, 4) is 0 Å². The van der Waals surface area contributed by atoms with Gasteiger partial charge in [0.2, 0.25) is 12.2 Å². The number of nitrogens with zero attached hydrogens (tertiary/aromatic N) is 2. The second-order valence-electron chi connectivity index (χ2n) is 2.01. The Bertz CT molecular complexity index is 187. The van der Waals surface area contributed by atoms with Crippen molar-refractivity contribution in [3.05, 3.63) is 0 Å². The minimum absolute atomic E-state index is 0.125. The van der Waals surface area contributed by atoms with Crippen LogP contribution < -0.4 is 0 Å². The van der Waals surface area contributed by atoms with Crippen molar-refractivity contribution in [1.29, 1.82) is 0 Å². The molecule has 0 saturated carbocycles. The largest absolute Gasteiger partial charge is 0.394 e. The van der Waals surface area contributed by atoms with Crippen molar-refractivity contribution >= 4 is 12.2 Å². The molecule has 0 aliphatic rings. The maximum absolute atomic E-state index is 9.52. The zero-order valence-electron chi connectivity index (χ0n) is 8.26. The number of aliphatic hydroxyl groups excluding tert-OH is 2. The summed E-state index contributed by atoms with van der Waals surface area (Å²) in [7, 11) is 0. The van der Waals surface area contributed by atoms with E-state index >= 15 is 0 Å². The van der Waals surface area contributed by atoms with Gasteiger partial charge in [0.05, 0.1) is 39.5 Å². The molecule has 0 aliphatic carbocycles. The molecule has 0 heterocycles. The van der Waals surface area contributed by atoms with E-state index in [1.165, 1.54) is 12.2 Å². The smallest absolute Gasteiger partial charge is 0.235 e. The number of ether oxygens (including phenoxy) is 1. The summed E-state index contributed by atoms with van der Waals surface area (Å²) < 4.78 is 4.89. The Morgan fingerprint density at radius 3 is 1.60 bits per heavy atom. The van der Waals surface area contributed by atoms with Gasteiger partial charge in [-0.2, -0.15) is 0 Å². The van der Waals surface area contributed by atoms with Gasteiger partial charge in [0.25, 0.3) is 0 Å². The van der Waals surface area contributed by atoms with Gasteiger partial charge >= 0.3 is 0 Å². The summed E-state index contributed by atoms with van der Waals surface area (Å²) in [6.45, 7) is 1.05. The molecule has 0 bridgehead atoms. The molecule has 15 heavy (non-hydrogen) atoms. The molecule has 0 atom stereocenters. The predicted octanol–water partition coefficient (Wildman–Crippen LogP) is -1.35. The standard InChI is InChI=1S/C6H8N2O3.C2H6O2/c9-5-7-1-3-11-4-2-8-6-10;3-1-2-4/h1-4H2;3-4H,1-2H2. The van der Waals surface area contributed by atoms with Crippen LogP contribution in [0.15, 0.2) is 9.98 Å². The zero-order chi connectivity index (χ0) is 11.8. The van der Waals surface area contributed by atoms with Gasteiger partial charge in [0, 0.05) is 0 Å². The second-order valence-corrected chi connectivity index (χ2v) is 2.01. The van der Waals surface area contributed by atoms with Crippen LogP contribution in [0.2, 0.25) is 0 Å². The molecule has 7 nitrogen and oxygen atoms in total. The van der Waals surface area contributed by atoms with E-state index in [-0.39, 0.29) is 13.2 Å². The van der Waals surface area contributed by atoms with Crippen molar-refractivity contribution in [1.82, 2.24) is 0 Å². The van der Waals surface area contributed by atoms with Crippen molar-refractivity contribution in [2.75, 3.05) is 39.5 Å². The maximum Gasteiger partial charge on any atom is 0.235 e. The molecular weight excluding hydrogens is 204 g/mol. The highest BCUT2D eigenvalue weighted by Gasteiger charge is 1.84. The van der Waals surface area contributed by atoms with Crippen LogP contribution >= 0.6 is 0 Å². The van der Waals surface area contributed by atoms with E-state index in [4.69, 9.17) is 14.9 Å². The number of carbonyl (C=O) groups excluding carboxylic acids is 2. The number of rotatable bonds is 7. The third-order valence-corrected chi connectivity index (χ3v) is 0.924. The van der Waals surface area contributed by atoms with Crippen molar-refractivity contribution < 1.29 is 24.5 Å². The van der Waals surface area contributed by atoms with E-state index in [0.717, 1.165) is 0 Å². The molecule has 2 N–H and O–H groups in total.